The molecule has 0 saturated carbocycles. The minimum Gasteiger partial charge on any atom is -0.359 e. The van der Waals surface area contributed by atoms with Crippen LogP contribution in [0.25, 0.3) is 0 Å². The number of hydrogen-bond donors (Lipinski definition) is 2. The summed E-state index contributed by atoms with van der Waals surface area (Å²) >= 11 is 1.01. The summed E-state index contributed by atoms with van der Waals surface area (Å²) in [4.78, 5) is 8.07. The Labute approximate surface area is 166 Å². The number of thiazole rings is 1. The van der Waals surface area contributed by atoms with Gasteiger partial charge in [0.15, 0.2) is 17.4 Å². The van der Waals surface area contributed by atoms with Gasteiger partial charge in [-0.15, -0.1) is 11.3 Å². The summed E-state index contributed by atoms with van der Waals surface area (Å²) in [7, 11) is 0. The average molecular weight is 418 g/mol. The molecule has 0 aliphatic carbocycles. The molecule has 0 aromatic carbocycles. The molecule has 0 unspecified atom stereocenters. The molecule has 2 heterocycles. The third-order valence-electron chi connectivity index (χ3n) is 4.19. The third-order valence-corrected chi connectivity index (χ3v) is 5.10. The Morgan fingerprint density at radius 2 is 2.00 bits per heavy atom. The largest absolute Gasteiger partial charge is 0.434 e. The van der Waals surface area contributed by atoms with E-state index in [2.05, 4.69) is 39.6 Å². The maximum atomic E-state index is 12.6. The van der Waals surface area contributed by atoms with E-state index in [1.807, 2.05) is 13.0 Å². The fourth-order valence-corrected chi connectivity index (χ4v) is 3.45. The van der Waals surface area contributed by atoms with Gasteiger partial charge >= 0.3 is 6.18 Å². The minimum atomic E-state index is -4.40. The molecule has 0 radical (unpaired) electrons. The van der Waals surface area contributed by atoms with E-state index in [9.17, 15) is 13.2 Å². The van der Waals surface area contributed by atoms with Gasteiger partial charge in [0.2, 0.25) is 0 Å². The molecular weight excluding hydrogens is 391 g/mol. The highest BCUT2D eigenvalue weighted by molar-refractivity contribution is 7.09. The van der Waals surface area contributed by atoms with Crippen LogP contribution in [0.3, 0.4) is 0 Å². The normalized spacial score (nSPS) is 12.6. The molecule has 2 N–H and O–H groups in total. The van der Waals surface area contributed by atoms with Crippen LogP contribution in [0.15, 0.2) is 21.0 Å². The zero-order valence-electron chi connectivity index (χ0n) is 16.3. The highest BCUT2D eigenvalue weighted by Gasteiger charge is 2.33. The van der Waals surface area contributed by atoms with E-state index in [0.717, 1.165) is 35.3 Å². The van der Waals surface area contributed by atoms with Crippen molar-refractivity contribution in [2.24, 2.45) is 4.99 Å². The fourth-order valence-electron chi connectivity index (χ4n) is 2.65. The zero-order valence-corrected chi connectivity index (χ0v) is 17.1. The van der Waals surface area contributed by atoms with Crippen molar-refractivity contribution in [3.8, 4) is 0 Å². The summed E-state index contributed by atoms with van der Waals surface area (Å²) in [5, 5.41) is 11.8. The Kier molecular flexibility index (Phi) is 8.28. The van der Waals surface area contributed by atoms with Crippen LogP contribution < -0.4 is 10.6 Å². The molecule has 6 nitrogen and oxygen atoms in total. The lowest BCUT2D eigenvalue weighted by atomic mass is 9.99. The predicted octanol–water partition coefficient (Wildman–Crippen LogP) is 4.35. The van der Waals surface area contributed by atoms with Gasteiger partial charge in [-0.25, -0.2) is 9.98 Å². The molecule has 0 bridgehead atoms. The monoisotopic (exact) mass is 417 g/mol. The van der Waals surface area contributed by atoms with Gasteiger partial charge in [0.1, 0.15) is 6.54 Å². The van der Waals surface area contributed by atoms with Gasteiger partial charge in [0.25, 0.3) is 0 Å². The molecule has 156 valence electrons. The molecule has 0 aliphatic rings. The minimum absolute atomic E-state index is 0.331. The van der Waals surface area contributed by atoms with Crippen molar-refractivity contribution >= 4 is 17.3 Å². The SMILES string of the molecule is CCNC(=NCc1cc(C(CC)CC)no1)NCCc1nc(C(F)(F)F)cs1. The second-order valence-corrected chi connectivity index (χ2v) is 7.17. The number of guanidine groups is 1. The zero-order chi connectivity index (χ0) is 20.6. The van der Waals surface area contributed by atoms with E-state index in [0.29, 0.717) is 48.7 Å². The van der Waals surface area contributed by atoms with Crippen molar-refractivity contribution in [1.29, 1.82) is 0 Å². The van der Waals surface area contributed by atoms with E-state index in [1.54, 1.807) is 0 Å². The lowest BCUT2D eigenvalue weighted by molar-refractivity contribution is -0.140. The van der Waals surface area contributed by atoms with Crippen molar-refractivity contribution in [1.82, 2.24) is 20.8 Å². The third kappa shape index (κ3) is 6.50. The van der Waals surface area contributed by atoms with Gasteiger partial charge in [-0.2, -0.15) is 13.2 Å². The van der Waals surface area contributed by atoms with E-state index >= 15 is 0 Å². The van der Waals surface area contributed by atoms with Crippen LogP contribution in [-0.4, -0.2) is 29.2 Å². The number of aromatic nitrogens is 2. The molecule has 0 amide bonds. The number of halogens is 3. The lowest BCUT2D eigenvalue weighted by Gasteiger charge is -2.10. The summed E-state index contributed by atoms with van der Waals surface area (Å²) in [5.74, 6) is 1.62. The Morgan fingerprint density at radius 3 is 2.61 bits per heavy atom. The molecule has 0 aliphatic heterocycles. The summed E-state index contributed by atoms with van der Waals surface area (Å²) in [6.45, 7) is 7.59. The Morgan fingerprint density at radius 1 is 1.25 bits per heavy atom. The summed E-state index contributed by atoms with van der Waals surface area (Å²) in [6.07, 6.45) is -2.01. The summed E-state index contributed by atoms with van der Waals surface area (Å²) < 4.78 is 43.1. The molecule has 0 spiro atoms. The number of hydrogen-bond acceptors (Lipinski definition) is 5. The Hall–Kier alpha value is -2.10. The van der Waals surface area contributed by atoms with E-state index in [-0.39, 0.29) is 0 Å². The maximum absolute atomic E-state index is 12.6. The van der Waals surface area contributed by atoms with Crippen LogP contribution in [0.5, 0.6) is 0 Å². The van der Waals surface area contributed by atoms with E-state index in [1.165, 1.54) is 0 Å². The van der Waals surface area contributed by atoms with Crippen molar-refractivity contribution in [3.05, 3.63) is 33.6 Å². The van der Waals surface area contributed by atoms with Crippen LogP contribution in [0.1, 0.15) is 61.7 Å². The van der Waals surface area contributed by atoms with E-state index < -0.39 is 11.9 Å². The Balaban J connectivity index is 1.89. The van der Waals surface area contributed by atoms with Crippen molar-refractivity contribution in [2.45, 2.75) is 58.7 Å². The second-order valence-electron chi connectivity index (χ2n) is 6.23. The van der Waals surface area contributed by atoms with Crippen molar-refractivity contribution in [3.63, 3.8) is 0 Å². The first kappa shape index (κ1) is 22.2. The molecule has 10 heteroatoms. The van der Waals surface area contributed by atoms with Crippen LogP contribution in [0, 0.1) is 0 Å². The molecule has 0 saturated heterocycles. The number of nitrogens with zero attached hydrogens (tertiary/aromatic N) is 3. The number of alkyl halides is 3. The maximum Gasteiger partial charge on any atom is 0.434 e. The standard InChI is InChI=1S/C18H26F3N5OS/c1-4-12(5-2)14-9-13(27-26-14)10-24-17(22-6-3)23-8-7-16-25-15(11-28-16)18(19,20)21/h9,11-12H,4-8,10H2,1-3H3,(H2,22,23,24). The average Bonchev–Trinajstić information content (AvgIpc) is 3.30. The van der Waals surface area contributed by atoms with Crippen LogP contribution >= 0.6 is 11.3 Å². The molecule has 0 fully saturated rings. The lowest BCUT2D eigenvalue weighted by Crippen LogP contribution is -2.38. The van der Waals surface area contributed by atoms with E-state index in [4.69, 9.17) is 4.52 Å². The van der Waals surface area contributed by atoms with Gasteiger partial charge in [0, 0.05) is 36.9 Å². The highest BCUT2D eigenvalue weighted by Crippen LogP contribution is 2.30. The first-order chi connectivity index (χ1) is 13.4. The van der Waals surface area contributed by atoms with Gasteiger partial charge in [-0.3, -0.25) is 0 Å². The van der Waals surface area contributed by atoms with Crippen LogP contribution in [0.2, 0.25) is 0 Å². The van der Waals surface area contributed by atoms with Crippen LogP contribution in [0.4, 0.5) is 13.2 Å². The molecule has 2 aromatic heterocycles. The molecule has 28 heavy (non-hydrogen) atoms. The number of rotatable bonds is 9. The number of nitrogens with one attached hydrogen (secondary N) is 2. The Bertz CT molecular complexity index is 752. The first-order valence-corrected chi connectivity index (χ1v) is 10.2. The van der Waals surface area contributed by atoms with Gasteiger partial charge in [-0.1, -0.05) is 19.0 Å². The molecular formula is C18H26F3N5OS. The summed E-state index contributed by atoms with van der Waals surface area (Å²) in [6, 6.07) is 1.93. The van der Waals surface area contributed by atoms with Gasteiger partial charge in [-0.05, 0) is 19.8 Å². The first-order valence-electron chi connectivity index (χ1n) is 9.36. The second kappa shape index (κ2) is 10.4. The predicted molar refractivity (Wildman–Crippen MR) is 103 cm³/mol. The highest BCUT2D eigenvalue weighted by atomic mass is 32.1. The quantitative estimate of drug-likeness (QED) is 0.469. The van der Waals surface area contributed by atoms with Crippen LogP contribution in [-0.2, 0) is 19.1 Å². The molecule has 0 atom stereocenters. The molecule has 2 aromatic rings. The smallest absolute Gasteiger partial charge is 0.359 e. The van der Waals surface area contributed by atoms with Crippen molar-refractivity contribution in [2.75, 3.05) is 13.1 Å². The van der Waals surface area contributed by atoms with Gasteiger partial charge in [0.05, 0.1) is 10.7 Å². The van der Waals surface area contributed by atoms with Gasteiger partial charge < -0.3 is 15.2 Å². The molecule has 2 rings (SSSR count). The van der Waals surface area contributed by atoms with Crippen molar-refractivity contribution < 1.29 is 17.7 Å². The topological polar surface area (TPSA) is 75.3 Å². The number of aliphatic imine (C=N–C) groups is 1. The summed E-state index contributed by atoms with van der Waals surface area (Å²) in [5.41, 5.74) is 0.101. The fraction of sp³-hybridized carbons (Fsp3) is 0.611.